The molecule has 0 radical (unpaired) electrons. The lowest BCUT2D eigenvalue weighted by atomic mass is 10.1. The first-order valence-electron chi connectivity index (χ1n) is 7.30. The van der Waals surface area contributed by atoms with Gasteiger partial charge in [-0.15, -0.1) is 0 Å². The topological polar surface area (TPSA) is 12.0 Å². The Labute approximate surface area is 136 Å². The lowest BCUT2D eigenvalue weighted by Crippen LogP contribution is -2.10. The second kappa shape index (κ2) is 6.54. The van der Waals surface area contributed by atoms with E-state index in [4.69, 9.17) is 12.2 Å². The maximum absolute atomic E-state index is 5.61. The molecule has 108 valence electrons. The Morgan fingerprint density at radius 3 is 2.27 bits per heavy atom. The fourth-order valence-electron chi connectivity index (χ4n) is 2.43. The van der Waals surface area contributed by atoms with Crippen molar-refractivity contribution in [3.8, 4) is 0 Å². The summed E-state index contributed by atoms with van der Waals surface area (Å²) in [7, 11) is 0. The molecule has 0 saturated carbocycles. The number of benzene rings is 3. The van der Waals surface area contributed by atoms with Crippen LogP contribution in [0.5, 0.6) is 0 Å². The maximum atomic E-state index is 5.61. The van der Waals surface area contributed by atoms with Gasteiger partial charge in [-0.25, -0.2) is 0 Å². The first-order valence-corrected chi connectivity index (χ1v) is 7.70. The van der Waals surface area contributed by atoms with Gasteiger partial charge in [0.25, 0.3) is 0 Å². The molecular formula is C20H17NS. The molecule has 2 heteroatoms. The molecule has 0 bridgehead atoms. The van der Waals surface area contributed by atoms with E-state index in [1.165, 1.54) is 10.8 Å². The summed E-state index contributed by atoms with van der Waals surface area (Å²) in [6.07, 6.45) is 2.02. The number of fused-ring (bicyclic) bond motifs is 1. The molecule has 3 rings (SSSR count). The summed E-state index contributed by atoms with van der Waals surface area (Å²) in [6.45, 7) is 2.00. The third-order valence-electron chi connectivity index (χ3n) is 3.60. The van der Waals surface area contributed by atoms with Gasteiger partial charge in [0.15, 0.2) is 0 Å². The summed E-state index contributed by atoms with van der Waals surface area (Å²) < 4.78 is 0. The summed E-state index contributed by atoms with van der Waals surface area (Å²) in [5.74, 6) is 0. The highest BCUT2D eigenvalue weighted by molar-refractivity contribution is 7.81. The van der Waals surface area contributed by atoms with Crippen LogP contribution in [0.15, 0.2) is 84.6 Å². The average molecular weight is 303 g/mol. The van der Waals surface area contributed by atoms with E-state index in [0.29, 0.717) is 0 Å². The second-order valence-electron chi connectivity index (χ2n) is 5.08. The van der Waals surface area contributed by atoms with Crippen LogP contribution in [0.25, 0.3) is 10.8 Å². The van der Waals surface area contributed by atoms with Crippen LogP contribution in [-0.4, -0.2) is 4.86 Å². The van der Waals surface area contributed by atoms with Crippen molar-refractivity contribution >= 4 is 33.5 Å². The van der Waals surface area contributed by atoms with E-state index in [1.54, 1.807) is 0 Å². The van der Waals surface area contributed by atoms with E-state index in [-0.39, 0.29) is 0 Å². The SMILES string of the molecule is CC=C(Nc1ccc2ccccc2c1)C(=S)c1ccccc1. The minimum Gasteiger partial charge on any atom is -0.355 e. The third-order valence-corrected chi connectivity index (χ3v) is 4.05. The molecule has 0 heterocycles. The van der Waals surface area contributed by atoms with Crippen LogP contribution in [0.4, 0.5) is 5.69 Å². The van der Waals surface area contributed by atoms with Crippen LogP contribution in [0, 0.1) is 0 Å². The molecule has 0 aliphatic carbocycles. The van der Waals surface area contributed by atoms with Gasteiger partial charge in [0.1, 0.15) is 0 Å². The molecule has 0 aromatic heterocycles. The summed E-state index contributed by atoms with van der Waals surface area (Å²) in [4.78, 5) is 0.830. The van der Waals surface area contributed by atoms with Crippen molar-refractivity contribution in [3.05, 3.63) is 90.1 Å². The van der Waals surface area contributed by atoms with Crippen molar-refractivity contribution in [1.29, 1.82) is 0 Å². The van der Waals surface area contributed by atoms with E-state index >= 15 is 0 Å². The molecule has 1 N–H and O–H groups in total. The van der Waals surface area contributed by atoms with Gasteiger partial charge in [-0.2, -0.15) is 0 Å². The number of hydrogen-bond donors (Lipinski definition) is 1. The van der Waals surface area contributed by atoms with Crippen LogP contribution >= 0.6 is 12.2 Å². The van der Waals surface area contributed by atoms with Crippen molar-refractivity contribution in [2.75, 3.05) is 5.32 Å². The Hall–Kier alpha value is -2.45. The van der Waals surface area contributed by atoms with Gasteiger partial charge in [0, 0.05) is 5.69 Å². The predicted octanol–water partition coefficient (Wildman–Crippen LogP) is 5.57. The van der Waals surface area contributed by atoms with Crippen molar-refractivity contribution in [1.82, 2.24) is 0 Å². The summed E-state index contributed by atoms with van der Waals surface area (Å²) in [6, 6.07) is 24.8. The van der Waals surface area contributed by atoms with Crippen molar-refractivity contribution < 1.29 is 0 Å². The zero-order valence-corrected chi connectivity index (χ0v) is 13.2. The molecule has 1 nitrogen and oxygen atoms in total. The van der Waals surface area contributed by atoms with E-state index in [1.807, 2.05) is 43.3 Å². The molecule has 0 unspecified atom stereocenters. The summed E-state index contributed by atoms with van der Waals surface area (Å²) in [5, 5.41) is 5.89. The fraction of sp³-hybridized carbons (Fsp3) is 0.0500. The normalized spacial score (nSPS) is 11.4. The number of thiocarbonyl (C=S) groups is 1. The molecule has 22 heavy (non-hydrogen) atoms. The first-order chi connectivity index (χ1) is 10.8. The lowest BCUT2D eigenvalue weighted by molar-refractivity contribution is 1.49. The molecule has 3 aromatic rings. The van der Waals surface area contributed by atoms with Gasteiger partial charge in [-0.1, -0.05) is 79.0 Å². The van der Waals surface area contributed by atoms with E-state index < -0.39 is 0 Å². The van der Waals surface area contributed by atoms with E-state index in [2.05, 4.69) is 47.8 Å². The molecule has 0 spiro atoms. The highest BCUT2D eigenvalue weighted by atomic mass is 32.1. The Kier molecular flexibility index (Phi) is 4.31. The second-order valence-corrected chi connectivity index (χ2v) is 5.49. The van der Waals surface area contributed by atoms with Crippen LogP contribution in [0.1, 0.15) is 12.5 Å². The summed E-state index contributed by atoms with van der Waals surface area (Å²) in [5.41, 5.74) is 3.06. The van der Waals surface area contributed by atoms with Crippen molar-refractivity contribution in [3.63, 3.8) is 0 Å². The Morgan fingerprint density at radius 1 is 0.864 bits per heavy atom. The van der Waals surface area contributed by atoms with Gasteiger partial charge in [-0.05, 0) is 35.4 Å². The van der Waals surface area contributed by atoms with Gasteiger partial charge >= 0.3 is 0 Å². The van der Waals surface area contributed by atoms with Gasteiger partial charge < -0.3 is 5.32 Å². The van der Waals surface area contributed by atoms with Crippen LogP contribution in [0.3, 0.4) is 0 Å². The van der Waals surface area contributed by atoms with Crippen LogP contribution in [0.2, 0.25) is 0 Å². The molecule has 0 amide bonds. The number of anilines is 1. The van der Waals surface area contributed by atoms with Gasteiger partial charge in [0.05, 0.1) is 10.6 Å². The first kappa shape index (κ1) is 14.5. The third kappa shape index (κ3) is 3.07. The fourth-order valence-corrected chi connectivity index (χ4v) is 2.73. The molecule has 0 saturated heterocycles. The molecule has 0 fully saturated rings. The largest absolute Gasteiger partial charge is 0.355 e. The van der Waals surface area contributed by atoms with Crippen molar-refractivity contribution in [2.45, 2.75) is 6.92 Å². The molecule has 0 atom stereocenters. The predicted molar refractivity (Wildman–Crippen MR) is 99.5 cm³/mol. The van der Waals surface area contributed by atoms with Gasteiger partial charge in [0.2, 0.25) is 0 Å². The minimum absolute atomic E-state index is 0.830. The monoisotopic (exact) mass is 303 g/mol. The smallest absolute Gasteiger partial charge is 0.0680 e. The van der Waals surface area contributed by atoms with Gasteiger partial charge in [-0.3, -0.25) is 0 Å². The quantitative estimate of drug-likeness (QED) is 0.384. The highest BCUT2D eigenvalue weighted by Crippen LogP contribution is 2.21. The number of hydrogen-bond acceptors (Lipinski definition) is 2. The van der Waals surface area contributed by atoms with E-state index in [9.17, 15) is 0 Å². The summed E-state index contributed by atoms with van der Waals surface area (Å²) >= 11 is 5.61. The minimum atomic E-state index is 0.830. The molecule has 3 aromatic carbocycles. The molecule has 0 aliphatic heterocycles. The molecular weight excluding hydrogens is 286 g/mol. The lowest BCUT2D eigenvalue weighted by Gasteiger charge is -2.13. The van der Waals surface area contributed by atoms with Crippen LogP contribution < -0.4 is 5.32 Å². The van der Waals surface area contributed by atoms with Crippen LogP contribution in [-0.2, 0) is 0 Å². The number of rotatable bonds is 4. The highest BCUT2D eigenvalue weighted by Gasteiger charge is 2.07. The Morgan fingerprint density at radius 2 is 1.55 bits per heavy atom. The van der Waals surface area contributed by atoms with Crippen molar-refractivity contribution in [2.24, 2.45) is 0 Å². The zero-order valence-electron chi connectivity index (χ0n) is 12.4. The Balaban J connectivity index is 1.87. The number of allylic oxidation sites excluding steroid dienone is 2. The number of nitrogens with one attached hydrogen (secondary N) is 1. The maximum Gasteiger partial charge on any atom is 0.0680 e. The average Bonchev–Trinajstić information content (AvgIpc) is 2.59. The molecule has 0 aliphatic rings. The standard InChI is InChI=1S/C20H17NS/c1-2-19(20(22)16-9-4-3-5-10-16)21-18-13-12-15-8-6-7-11-17(15)14-18/h2-14,21H,1H3. The zero-order chi connectivity index (χ0) is 15.4. The van der Waals surface area contributed by atoms with E-state index in [0.717, 1.165) is 21.8 Å². The Bertz CT molecular complexity index is 834.